The molecule has 0 unspecified atom stereocenters. The molecule has 0 N–H and O–H groups in total. The number of ketones is 1. The van der Waals surface area contributed by atoms with Gasteiger partial charge in [-0.25, -0.2) is 0 Å². The maximum absolute atomic E-state index is 12.1. The molecular weight excluding hydrogens is 244 g/mol. The second kappa shape index (κ2) is 4.68. The van der Waals surface area contributed by atoms with Crippen LogP contribution in [0.3, 0.4) is 0 Å². The predicted molar refractivity (Wildman–Crippen MR) is 65.8 cm³/mol. The number of methoxy groups -OCH3 is 1. The SMILES string of the molecule is COc1ccc(Cl)cc1C(=O)c1ccsc1. The van der Waals surface area contributed by atoms with Gasteiger partial charge in [0.1, 0.15) is 5.75 Å². The number of halogens is 1. The highest BCUT2D eigenvalue weighted by molar-refractivity contribution is 7.08. The topological polar surface area (TPSA) is 26.3 Å². The normalized spacial score (nSPS) is 10.1. The molecule has 4 heteroatoms. The Bertz CT molecular complexity index is 506. The van der Waals surface area contributed by atoms with Crippen LogP contribution in [0.2, 0.25) is 5.02 Å². The molecule has 2 rings (SSSR count). The molecule has 0 spiro atoms. The van der Waals surface area contributed by atoms with Crippen molar-refractivity contribution in [2.75, 3.05) is 7.11 Å². The van der Waals surface area contributed by atoms with Gasteiger partial charge in [0.25, 0.3) is 0 Å². The Labute approximate surface area is 102 Å². The van der Waals surface area contributed by atoms with Gasteiger partial charge in [-0.15, -0.1) is 0 Å². The molecule has 0 aliphatic carbocycles. The summed E-state index contributed by atoms with van der Waals surface area (Å²) in [5.41, 5.74) is 1.15. The van der Waals surface area contributed by atoms with Gasteiger partial charge < -0.3 is 4.74 Å². The summed E-state index contributed by atoms with van der Waals surface area (Å²) in [5, 5.41) is 4.20. The second-order valence-electron chi connectivity index (χ2n) is 3.19. The molecule has 0 saturated carbocycles. The zero-order chi connectivity index (χ0) is 11.5. The molecular formula is C12H9ClO2S. The van der Waals surface area contributed by atoms with Gasteiger partial charge in [0.05, 0.1) is 12.7 Å². The van der Waals surface area contributed by atoms with Crippen LogP contribution in [0.1, 0.15) is 15.9 Å². The number of rotatable bonds is 3. The minimum Gasteiger partial charge on any atom is -0.496 e. The molecule has 16 heavy (non-hydrogen) atoms. The summed E-state index contributed by atoms with van der Waals surface area (Å²) in [6.45, 7) is 0. The summed E-state index contributed by atoms with van der Waals surface area (Å²) in [6.07, 6.45) is 0. The van der Waals surface area contributed by atoms with Gasteiger partial charge in [0, 0.05) is 16.0 Å². The van der Waals surface area contributed by atoms with E-state index in [-0.39, 0.29) is 5.78 Å². The molecule has 0 bridgehead atoms. The third-order valence-electron chi connectivity index (χ3n) is 2.19. The number of hydrogen-bond donors (Lipinski definition) is 0. The number of thiophene rings is 1. The Morgan fingerprint density at radius 3 is 2.81 bits per heavy atom. The summed E-state index contributed by atoms with van der Waals surface area (Å²) >= 11 is 7.36. The van der Waals surface area contributed by atoms with Gasteiger partial charge in [-0.05, 0) is 29.6 Å². The molecule has 82 valence electrons. The van der Waals surface area contributed by atoms with Crippen molar-refractivity contribution in [1.82, 2.24) is 0 Å². The average Bonchev–Trinajstić information content (AvgIpc) is 2.81. The van der Waals surface area contributed by atoms with E-state index in [4.69, 9.17) is 16.3 Å². The molecule has 1 aromatic carbocycles. The van der Waals surface area contributed by atoms with E-state index in [2.05, 4.69) is 0 Å². The van der Waals surface area contributed by atoms with Crippen LogP contribution in [0.15, 0.2) is 35.0 Å². The summed E-state index contributed by atoms with van der Waals surface area (Å²) in [5.74, 6) is 0.473. The first-order chi connectivity index (χ1) is 7.72. The van der Waals surface area contributed by atoms with Gasteiger partial charge in [-0.3, -0.25) is 4.79 Å². The average molecular weight is 253 g/mol. The Morgan fingerprint density at radius 2 is 2.19 bits per heavy atom. The van der Waals surface area contributed by atoms with E-state index in [1.54, 1.807) is 24.3 Å². The molecule has 0 aliphatic heterocycles. The molecule has 1 heterocycles. The fourth-order valence-electron chi connectivity index (χ4n) is 1.41. The summed E-state index contributed by atoms with van der Waals surface area (Å²) in [7, 11) is 1.54. The Kier molecular flexibility index (Phi) is 3.27. The highest BCUT2D eigenvalue weighted by atomic mass is 35.5. The van der Waals surface area contributed by atoms with E-state index in [0.29, 0.717) is 21.9 Å². The third-order valence-corrected chi connectivity index (χ3v) is 3.11. The lowest BCUT2D eigenvalue weighted by Gasteiger charge is -2.06. The lowest BCUT2D eigenvalue weighted by atomic mass is 10.1. The quantitative estimate of drug-likeness (QED) is 0.780. The minimum atomic E-state index is -0.0689. The largest absolute Gasteiger partial charge is 0.496 e. The summed E-state index contributed by atoms with van der Waals surface area (Å²) in [4.78, 5) is 12.1. The van der Waals surface area contributed by atoms with Gasteiger partial charge in [0.2, 0.25) is 0 Å². The first-order valence-corrected chi connectivity index (χ1v) is 5.95. The number of ether oxygens (including phenoxy) is 1. The first-order valence-electron chi connectivity index (χ1n) is 4.63. The van der Waals surface area contributed by atoms with Gasteiger partial charge in [-0.2, -0.15) is 11.3 Å². The fraction of sp³-hybridized carbons (Fsp3) is 0.0833. The van der Waals surface area contributed by atoms with Crippen LogP contribution < -0.4 is 4.74 Å². The molecule has 0 aliphatic rings. The Morgan fingerprint density at radius 1 is 1.38 bits per heavy atom. The zero-order valence-corrected chi connectivity index (χ0v) is 10.1. The van der Waals surface area contributed by atoms with Crippen LogP contribution in [0.25, 0.3) is 0 Å². The number of hydrogen-bond acceptors (Lipinski definition) is 3. The van der Waals surface area contributed by atoms with E-state index in [1.165, 1.54) is 18.4 Å². The monoisotopic (exact) mass is 252 g/mol. The van der Waals surface area contributed by atoms with Crippen LogP contribution in [-0.2, 0) is 0 Å². The fourth-order valence-corrected chi connectivity index (χ4v) is 2.21. The molecule has 0 atom stereocenters. The van der Waals surface area contributed by atoms with Crippen molar-refractivity contribution in [3.05, 3.63) is 51.2 Å². The lowest BCUT2D eigenvalue weighted by molar-refractivity contribution is 0.103. The van der Waals surface area contributed by atoms with Crippen molar-refractivity contribution in [1.29, 1.82) is 0 Å². The van der Waals surface area contributed by atoms with Crippen molar-refractivity contribution < 1.29 is 9.53 Å². The first kappa shape index (κ1) is 11.2. The standard InChI is InChI=1S/C12H9ClO2S/c1-15-11-3-2-9(13)6-10(11)12(14)8-4-5-16-7-8/h2-7H,1H3. The molecule has 0 radical (unpaired) electrons. The van der Waals surface area contributed by atoms with Crippen molar-refractivity contribution in [3.8, 4) is 5.75 Å². The van der Waals surface area contributed by atoms with Crippen LogP contribution in [0, 0.1) is 0 Å². The predicted octanol–water partition coefficient (Wildman–Crippen LogP) is 3.64. The van der Waals surface area contributed by atoms with Crippen molar-refractivity contribution in [2.24, 2.45) is 0 Å². The maximum Gasteiger partial charge on any atom is 0.197 e. The number of carbonyl (C=O) groups is 1. The van der Waals surface area contributed by atoms with E-state index >= 15 is 0 Å². The molecule has 1 aromatic heterocycles. The van der Waals surface area contributed by atoms with Gasteiger partial charge >= 0.3 is 0 Å². The van der Waals surface area contributed by atoms with Crippen molar-refractivity contribution >= 4 is 28.7 Å². The summed E-state index contributed by atoms with van der Waals surface area (Å²) in [6, 6.07) is 6.81. The number of carbonyl (C=O) groups excluding carboxylic acids is 1. The van der Waals surface area contributed by atoms with Gasteiger partial charge in [-0.1, -0.05) is 11.6 Å². The van der Waals surface area contributed by atoms with E-state index in [9.17, 15) is 4.79 Å². The Balaban J connectivity index is 2.47. The van der Waals surface area contributed by atoms with Crippen LogP contribution in [0.4, 0.5) is 0 Å². The van der Waals surface area contributed by atoms with Crippen molar-refractivity contribution in [3.63, 3.8) is 0 Å². The smallest absolute Gasteiger partial charge is 0.197 e. The number of benzene rings is 1. The van der Waals surface area contributed by atoms with E-state index < -0.39 is 0 Å². The highest BCUT2D eigenvalue weighted by Crippen LogP contribution is 2.25. The zero-order valence-electron chi connectivity index (χ0n) is 8.57. The van der Waals surface area contributed by atoms with Crippen molar-refractivity contribution in [2.45, 2.75) is 0 Å². The lowest BCUT2D eigenvalue weighted by Crippen LogP contribution is -2.02. The van der Waals surface area contributed by atoms with Crippen LogP contribution in [-0.4, -0.2) is 12.9 Å². The maximum atomic E-state index is 12.1. The molecule has 0 saturated heterocycles. The van der Waals surface area contributed by atoms with E-state index in [0.717, 1.165) is 0 Å². The molecule has 2 aromatic rings. The molecule has 0 fully saturated rings. The highest BCUT2D eigenvalue weighted by Gasteiger charge is 2.15. The van der Waals surface area contributed by atoms with Crippen LogP contribution in [0.5, 0.6) is 5.75 Å². The third kappa shape index (κ3) is 2.10. The molecule has 2 nitrogen and oxygen atoms in total. The van der Waals surface area contributed by atoms with E-state index in [1.807, 2.05) is 10.8 Å². The van der Waals surface area contributed by atoms with Gasteiger partial charge in [0.15, 0.2) is 5.78 Å². The Hall–Kier alpha value is -1.32. The summed E-state index contributed by atoms with van der Waals surface area (Å²) < 4.78 is 5.14. The van der Waals surface area contributed by atoms with Crippen LogP contribution >= 0.6 is 22.9 Å². The second-order valence-corrected chi connectivity index (χ2v) is 4.40. The minimum absolute atomic E-state index is 0.0689. The molecule has 0 amide bonds.